The third-order valence-electron chi connectivity index (χ3n) is 3.99. The van der Waals surface area contributed by atoms with Gasteiger partial charge in [-0.15, -0.1) is 0 Å². The van der Waals surface area contributed by atoms with Crippen LogP contribution in [0.4, 0.5) is 0 Å². The fourth-order valence-electron chi connectivity index (χ4n) is 2.76. The van der Waals surface area contributed by atoms with E-state index >= 15 is 0 Å². The van der Waals surface area contributed by atoms with E-state index in [-0.39, 0.29) is 22.3 Å². The van der Waals surface area contributed by atoms with E-state index in [2.05, 4.69) is 0 Å². The normalized spacial score (nSPS) is 11.6. The molecule has 6 heteroatoms. The van der Waals surface area contributed by atoms with Crippen molar-refractivity contribution in [3.63, 3.8) is 0 Å². The molecule has 0 aliphatic carbocycles. The zero-order valence-corrected chi connectivity index (χ0v) is 14.0. The van der Waals surface area contributed by atoms with E-state index in [0.717, 1.165) is 16.7 Å². The predicted octanol–water partition coefficient (Wildman–Crippen LogP) is 2.93. The van der Waals surface area contributed by atoms with Crippen molar-refractivity contribution in [3.8, 4) is 11.5 Å². The van der Waals surface area contributed by atoms with Crippen molar-refractivity contribution in [2.24, 2.45) is 5.14 Å². The molecule has 128 valence electrons. The van der Waals surface area contributed by atoms with Crippen LogP contribution in [0.3, 0.4) is 0 Å². The van der Waals surface area contributed by atoms with Crippen molar-refractivity contribution in [1.29, 1.82) is 0 Å². The van der Waals surface area contributed by atoms with E-state index in [1.54, 1.807) is 60.7 Å². The number of hydrogen-bond acceptors (Lipinski definition) is 4. The monoisotopic (exact) mass is 355 g/mol. The molecule has 0 saturated heterocycles. The van der Waals surface area contributed by atoms with Gasteiger partial charge in [0.25, 0.3) is 0 Å². The fourth-order valence-corrected chi connectivity index (χ4v) is 3.28. The number of primary sulfonamides is 1. The average molecular weight is 355 g/mol. The number of phenolic OH excluding ortho intramolecular Hbond substituents is 2. The van der Waals surface area contributed by atoms with Gasteiger partial charge in [0.1, 0.15) is 11.5 Å². The average Bonchev–Trinajstić information content (AvgIpc) is 2.58. The molecule has 0 aliphatic heterocycles. The molecular weight excluding hydrogens is 338 g/mol. The van der Waals surface area contributed by atoms with Crippen LogP contribution < -0.4 is 5.14 Å². The summed E-state index contributed by atoms with van der Waals surface area (Å²) in [6, 6.07) is 20.0. The Morgan fingerprint density at radius 2 is 0.960 bits per heavy atom. The molecule has 4 N–H and O–H groups in total. The van der Waals surface area contributed by atoms with Crippen LogP contribution in [-0.4, -0.2) is 18.6 Å². The van der Waals surface area contributed by atoms with E-state index in [1.807, 2.05) is 0 Å². The lowest BCUT2D eigenvalue weighted by Gasteiger charge is -2.19. The molecule has 0 amide bonds. The highest BCUT2D eigenvalue weighted by Crippen LogP contribution is 2.33. The molecule has 0 aliphatic rings. The second kappa shape index (κ2) is 6.58. The molecule has 3 rings (SSSR count). The highest BCUT2D eigenvalue weighted by atomic mass is 32.2. The number of aromatic hydroxyl groups is 2. The third kappa shape index (κ3) is 3.81. The Balaban J connectivity index is 2.10. The van der Waals surface area contributed by atoms with E-state index < -0.39 is 10.0 Å². The molecule has 0 saturated carbocycles. The van der Waals surface area contributed by atoms with Crippen LogP contribution in [0.5, 0.6) is 11.5 Å². The Morgan fingerprint density at radius 3 is 1.28 bits per heavy atom. The van der Waals surface area contributed by atoms with Crippen LogP contribution in [0.2, 0.25) is 0 Å². The number of rotatable bonds is 4. The summed E-state index contributed by atoms with van der Waals surface area (Å²) in [5.74, 6) is 0.145. The number of phenols is 2. The molecule has 0 heterocycles. The van der Waals surface area contributed by atoms with Gasteiger partial charge in [0.2, 0.25) is 10.0 Å². The van der Waals surface area contributed by atoms with Gasteiger partial charge in [-0.25, -0.2) is 13.6 Å². The lowest BCUT2D eigenvalue weighted by atomic mass is 9.85. The summed E-state index contributed by atoms with van der Waals surface area (Å²) in [5.41, 5.74) is 2.71. The van der Waals surface area contributed by atoms with Crippen LogP contribution >= 0.6 is 0 Å². The van der Waals surface area contributed by atoms with Crippen molar-refractivity contribution in [3.05, 3.63) is 89.5 Å². The lowest BCUT2D eigenvalue weighted by Crippen LogP contribution is -2.12. The fraction of sp³-hybridized carbons (Fsp3) is 0.0526. The minimum absolute atomic E-state index is 0.0476. The van der Waals surface area contributed by atoms with Gasteiger partial charge < -0.3 is 10.2 Å². The minimum atomic E-state index is -3.75. The van der Waals surface area contributed by atoms with Crippen molar-refractivity contribution in [1.82, 2.24) is 0 Å². The molecule has 0 atom stereocenters. The number of benzene rings is 3. The molecule has 3 aromatic carbocycles. The maximum atomic E-state index is 11.5. The van der Waals surface area contributed by atoms with Crippen LogP contribution in [0.25, 0.3) is 0 Å². The predicted molar refractivity (Wildman–Crippen MR) is 95.0 cm³/mol. The van der Waals surface area contributed by atoms with E-state index in [1.165, 1.54) is 12.1 Å². The summed E-state index contributed by atoms with van der Waals surface area (Å²) in [7, 11) is -3.75. The summed E-state index contributed by atoms with van der Waals surface area (Å²) in [4.78, 5) is 0.0476. The molecular formula is C19H17NO4S. The first-order valence-electron chi connectivity index (χ1n) is 7.55. The van der Waals surface area contributed by atoms with Gasteiger partial charge in [0.15, 0.2) is 0 Å². The summed E-state index contributed by atoms with van der Waals surface area (Å²) < 4.78 is 22.9. The summed E-state index contributed by atoms with van der Waals surface area (Å²) in [5, 5.41) is 24.2. The second-order valence-electron chi connectivity index (χ2n) is 5.73. The van der Waals surface area contributed by atoms with Gasteiger partial charge in [0, 0.05) is 5.92 Å². The zero-order chi connectivity index (χ0) is 18.0. The number of hydrogen-bond donors (Lipinski definition) is 3. The second-order valence-corrected chi connectivity index (χ2v) is 7.29. The van der Waals surface area contributed by atoms with E-state index in [9.17, 15) is 18.6 Å². The lowest BCUT2D eigenvalue weighted by molar-refractivity contribution is 0.475. The molecule has 0 aromatic heterocycles. The van der Waals surface area contributed by atoms with Crippen molar-refractivity contribution < 1.29 is 18.6 Å². The molecule has 0 fully saturated rings. The molecule has 3 aromatic rings. The van der Waals surface area contributed by atoms with Crippen molar-refractivity contribution >= 4 is 10.0 Å². The smallest absolute Gasteiger partial charge is 0.238 e. The van der Waals surface area contributed by atoms with E-state index in [4.69, 9.17) is 5.14 Å². The highest BCUT2D eigenvalue weighted by Gasteiger charge is 2.18. The van der Waals surface area contributed by atoms with Gasteiger partial charge in [-0.05, 0) is 53.1 Å². The van der Waals surface area contributed by atoms with Gasteiger partial charge in [0.05, 0.1) is 4.90 Å². The molecule has 0 spiro atoms. The van der Waals surface area contributed by atoms with Crippen molar-refractivity contribution in [2.45, 2.75) is 10.8 Å². The topological polar surface area (TPSA) is 101 Å². The highest BCUT2D eigenvalue weighted by molar-refractivity contribution is 7.89. The first kappa shape index (κ1) is 17.0. The standard InChI is InChI=1S/C19H17NO4S/c20-25(23,24)18-11-5-15(6-12-18)19(13-1-7-16(21)8-2-13)14-3-9-17(22)10-4-14/h1-12,19,21-22H,(H2,20,23,24). The zero-order valence-electron chi connectivity index (χ0n) is 13.2. The van der Waals surface area contributed by atoms with Crippen molar-refractivity contribution in [2.75, 3.05) is 0 Å². The Labute approximate surface area is 146 Å². The quantitative estimate of drug-likeness (QED) is 0.626. The Hall–Kier alpha value is -2.83. The summed E-state index contributed by atoms with van der Waals surface area (Å²) in [6.07, 6.45) is 0. The SMILES string of the molecule is NS(=O)(=O)c1ccc(C(c2ccc(O)cc2)c2ccc(O)cc2)cc1. The van der Waals surface area contributed by atoms with Gasteiger partial charge in [-0.2, -0.15) is 0 Å². The molecule has 0 bridgehead atoms. The van der Waals surface area contributed by atoms with Crippen LogP contribution in [0.15, 0.2) is 77.7 Å². The Kier molecular flexibility index (Phi) is 4.48. The maximum Gasteiger partial charge on any atom is 0.238 e. The van der Waals surface area contributed by atoms with Crippen LogP contribution in [-0.2, 0) is 10.0 Å². The summed E-state index contributed by atoms with van der Waals surface area (Å²) in [6.45, 7) is 0. The summed E-state index contributed by atoms with van der Waals surface area (Å²) >= 11 is 0. The van der Waals surface area contributed by atoms with Crippen LogP contribution in [0, 0.1) is 0 Å². The number of sulfonamides is 1. The van der Waals surface area contributed by atoms with E-state index in [0.29, 0.717) is 0 Å². The van der Waals surface area contributed by atoms with Crippen LogP contribution in [0.1, 0.15) is 22.6 Å². The number of nitrogens with two attached hydrogens (primary N) is 1. The van der Waals surface area contributed by atoms with Gasteiger partial charge >= 0.3 is 0 Å². The first-order chi connectivity index (χ1) is 11.8. The maximum absolute atomic E-state index is 11.5. The molecule has 25 heavy (non-hydrogen) atoms. The molecule has 5 nitrogen and oxygen atoms in total. The Morgan fingerprint density at radius 1 is 0.640 bits per heavy atom. The molecule has 0 radical (unpaired) electrons. The molecule has 0 unspecified atom stereocenters. The first-order valence-corrected chi connectivity index (χ1v) is 9.10. The van der Waals surface area contributed by atoms with Gasteiger partial charge in [-0.3, -0.25) is 0 Å². The largest absolute Gasteiger partial charge is 0.508 e. The minimum Gasteiger partial charge on any atom is -0.508 e. The third-order valence-corrected chi connectivity index (χ3v) is 4.92. The Bertz CT molecular complexity index is 918. The van der Waals surface area contributed by atoms with Gasteiger partial charge in [-0.1, -0.05) is 36.4 Å².